The van der Waals surface area contributed by atoms with E-state index in [-0.39, 0.29) is 15.8 Å². The number of nitrogens with zero attached hydrogens (tertiary/aromatic N) is 3. The third-order valence-corrected chi connectivity index (χ3v) is 2.44. The average molecular weight is 297 g/mol. The summed E-state index contributed by atoms with van der Waals surface area (Å²) in [5, 5.41) is 4.76. The number of alkyl halides is 3. The predicted octanol–water partition coefficient (Wildman–Crippen LogP) is 2.26. The van der Waals surface area contributed by atoms with Crippen molar-refractivity contribution in [3.8, 4) is 0 Å². The topological polar surface area (TPSA) is 54.5 Å². The molecule has 0 saturated carbocycles. The van der Waals surface area contributed by atoms with Crippen molar-refractivity contribution in [1.29, 1.82) is 0 Å². The quantitative estimate of drug-likeness (QED) is 0.517. The van der Waals surface area contributed by atoms with E-state index in [0.29, 0.717) is 6.20 Å². The van der Waals surface area contributed by atoms with Crippen LogP contribution in [0.3, 0.4) is 0 Å². The first-order valence-electron chi connectivity index (χ1n) is 4.51. The Bertz CT molecular complexity index is 489. The summed E-state index contributed by atoms with van der Waals surface area (Å²) in [6.45, 7) is 0. The highest BCUT2D eigenvalue weighted by molar-refractivity contribution is 7.80. The molecule has 0 spiro atoms. The predicted molar refractivity (Wildman–Crippen MR) is 66.4 cm³/mol. The minimum Gasteiger partial charge on any atom is -0.375 e. The highest BCUT2D eigenvalue weighted by Gasteiger charge is 2.31. The van der Waals surface area contributed by atoms with E-state index in [2.05, 4.69) is 22.3 Å². The third kappa shape index (κ3) is 3.81. The van der Waals surface area contributed by atoms with Gasteiger partial charge in [0.25, 0.3) is 0 Å². The van der Waals surface area contributed by atoms with Crippen LogP contribution in [0.1, 0.15) is 11.3 Å². The number of hydrogen-bond donors (Lipinski definition) is 1. The van der Waals surface area contributed by atoms with Gasteiger partial charge in [-0.05, 0) is 18.3 Å². The molecule has 98 valence electrons. The number of hydrogen-bond acceptors (Lipinski definition) is 3. The summed E-state index contributed by atoms with van der Waals surface area (Å²) in [6.07, 6.45) is -2.64. The molecule has 2 N–H and O–H groups in total. The maximum atomic E-state index is 12.3. The van der Waals surface area contributed by atoms with Gasteiger partial charge >= 0.3 is 6.18 Å². The van der Waals surface area contributed by atoms with Crippen LogP contribution >= 0.6 is 23.8 Å². The first-order chi connectivity index (χ1) is 8.21. The zero-order valence-electron chi connectivity index (χ0n) is 9.07. The van der Waals surface area contributed by atoms with Crippen LogP contribution in [0, 0.1) is 0 Å². The molecule has 4 nitrogen and oxygen atoms in total. The van der Waals surface area contributed by atoms with Crippen molar-refractivity contribution in [2.45, 2.75) is 6.18 Å². The van der Waals surface area contributed by atoms with E-state index in [1.807, 2.05) is 0 Å². The second-order valence-corrected chi connectivity index (χ2v) is 4.02. The Hall–Kier alpha value is -1.41. The molecule has 0 aliphatic heterocycles. The van der Waals surface area contributed by atoms with Crippen LogP contribution in [0.4, 0.5) is 13.2 Å². The van der Waals surface area contributed by atoms with Gasteiger partial charge in [0, 0.05) is 13.2 Å². The molecule has 1 rings (SSSR count). The molecule has 9 heteroatoms. The van der Waals surface area contributed by atoms with Gasteiger partial charge in [0.2, 0.25) is 0 Å². The molecule has 0 aliphatic rings. The first kappa shape index (κ1) is 14.7. The largest absolute Gasteiger partial charge is 0.417 e. The number of rotatable bonds is 2. The van der Waals surface area contributed by atoms with Crippen molar-refractivity contribution in [3.05, 3.63) is 28.5 Å². The summed E-state index contributed by atoms with van der Waals surface area (Å²) in [4.78, 5) is 3.56. The van der Waals surface area contributed by atoms with Crippen molar-refractivity contribution >= 4 is 35.1 Å². The summed E-state index contributed by atoms with van der Waals surface area (Å²) < 4.78 is 37.0. The Kier molecular flexibility index (Phi) is 4.47. The maximum absolute atomic E-state index is 12.3. The van der Waals surface area contributed by atoms with Crippen LogP contribution in [0.2, 0.25) is 5.02 Å². The SMILES string of the molecule is CN(N=Cc1ncc(C(F)(F)F)cc1Cl)C(N)=S. The zero-order chi connectivity index (χ0) is 13.9. The minimum absolute atomic E-state index is 0.00860. The fourth-order valence-electron chi connectivity index (χ4n) is 0.897. The van der Waals surface area contributed by atoms with Crippen molar-refractivity contribution in [1.82, 2.24) is 9.99 Å². The number of nitrogens with two attached hydrogens (primary N) is 1. The van der Waals surface area contributed by atoms with E-state index in [1.54, 1.807) is 0 Å². The maximum Gasteiger partial charge on any atom is 0.417 e. The Morgan fingerprint density at radius 3 is 2.67 bits per heavy atom. The van der Waals surface area contributed by atoms with E-state index in [4.69, 9.17) is 17.3 Å². The lowest BCUT2D eigenvalue weighted by molar-refractivity contribution is -0.137. The highest BCUT2D eigenvalue weighted by atomic mass is 35.5. The molecular formula is C9H8ClF3N4S. The van der Waals surface area contributed by atoms with Crippen molar-refractivity contribution in [2.24, 2.45) is 10.8 Å². The normalized spacial score (nSPS) is 11.8. The number of hydrazone groups is 1. The molecule has 1 heterocycles. The van der Waals surface area contributed by atoms with Gasteiger partial charge in [0.05, 0.1) is 16.8 Å². The molecule has 0 aliphatic carbocycles. The first-order valence-corrected chi connectivity index (χ1v) is 5.30. The Balaban J connectivity index is 2.97. The van der Waals surface area contributed by atoms with Gasteiger partial charge < -0.3 is 5.73 Å². The van der Waals surface area contributed by atoms with Crippen LogP contribution in [0.25, 0.3) is 0 Å². The van der Waals surface area contributed by atoms with Crippen LogP contribution in [-0.4, -0.2) is 28.4 Å². The van der Waals surface area contributed by atoms with E-state index in [0.717, 1.165) is 11.1 Å². The molecule has 18 heavy (non-hydrogen) atoms. The number of halogens is 4. The number of aromatic nitrogens is 1. The Morgan fingerprint density at radius 2 is 2.22 bits per heavy atom. The molecule has 0 saturated heterocycles. The second kappa shape index (κ2) is 5.49. The molecule has 0 amide bonds. The average Bonchev–Trinajstić information content (AvgIpc) is 2.25. The lowest BCUT2D eigenvalue weighted by Gasteiger charge is -2.09. The molecule has 1 aromatic heterocycles. The molecule has 1 aromatic rings. The Morgan fingerprint density at radius 1 is 1.61 bits per heavy atom. The highest BCUT2D eigenvalue weighted by Crippen LogP contribution is 2.30. The lowest BCUT2D eigenvalue weighted by atomic mass is 10.2. The van der Waals surface area contributed by atoms with Crippen molar-refractivity contribution < 1.29 is 13.2 Å². The van der Waals surface area contributed by atoms with Crippen molar-refractivity contribution in [3.63, 3.8) is 0 Å². The van der Waals surface area contributed by atoms with Gasteiger partial charge in [-0.15, -0.1) is 0 Å². The standard InChI is InChI=1S/C9H8ClF3N4S/c1-17(8(14)18)16-4-7-6(10)2-5(3-15-7)9(11,12)13/h2-4H,1H3,(H2,14,18). The summed E-state index contributed by atoms with van der Waals surface area (Å²) in [6, 6.07) is 0.774. The van der Waals surface area contributed by atoms with E-state index < -0.39 is 11.7 Å². The zero-order valence-corrected chi connectivity index (χ0v) is 10.6. The van der Waals surface area contributed by atoms with Gasteiger partial charge in [-0.3, -0.25) is 4.98 Å². The van der Waals surface area contributed by atoms with Gasteiger partial charge in [0.15, 0.2) is 5.11 Å². The van der Waals surface area contributed by atoms with Gasteiger partial charge in [-0.25, -0.2) is 5.01 Å². The van der Waals surface area contributed by atoms with Crippen LogP contribution in [-0.2, 0) is 6.18 Å². The van der Waals surface area contributed by atoms with Crippen molar-refractivity contribution in [2.75, 3.05) is 7.05 Å². The fraction of sp³-hybridized carbons (Fsp3) is 0.222. The van der Waals surface area contributed by atoms with Gasteiger partial charge in [-0.1, -0.05) is 11.6 Å². The molecule has 0 radical (unpaired) electrons. The lowest BCUT2D eigenvalue weighted by Crippen LogP contribution is -2.27. The number of pyridine rings is 1. The van der Waals surface area contributed by atoms with E-state index in [1.165, 1.54) is 13.3 Å². The van der Waals surface area contributed by atoms with Crippen LogP contribution in [0.5, 0.6) is 0 Å². The summed E-state index contributed by atoms with van der Waals surface area (Å²) in [7, 11) is 1.48. The smallest absolute Gasteiger partial charge is 0.375 e. The van der Waals surface area contributed by atoms with Crippen LogP contribution in [0.15, 0.2) is 17.4 Å². The second-order valence-electron chi connectivity index (χ2n) is 3.20. The van der Waals surface area contributed by atoms with Crippen LogP contribution < -0.4 is 5.73 Å². The molecule has 0 bridgehead atoms. The van der Waals surface area contributed by atoms with Gasteiger partial charge in [-0.2, -0.15) is 18.3 Å². The fourth-order valence-corrected chi connectivity index (χ4v) is 1.16. The molecule has 0 unspecified atom stereocenters. The molecule has 0 aromatic carbocycles. The van der Waals surface area contributed by atoms with Gasteiger partial charge in [0.1, 0.15) is 5.69 Å². The van der Waals surface area contributed by atoms with E-state index >= 15 is 0 Å². The monoisotopic (exact) mass is 296 g/mol. The molecule has 0 atom stereocenters. The summed E-state index contributed by atoms with van der Waals surface area (Å²) in [5.74, 6) is 0. The summed E-state index contributed by atoms with van der Waals surface area (Å²) >= 11 is 10.3. The van der Waals surface area contributed by atoms with E-state index in [9.17, 15) is 13.2 Å². The molecular weight excluding hydrogens is 289 g/mol. The molecule has 0 fully saturated rings. The summed E-state index contributed by atoms with van der Waals surface area (Å²) in [5.41, 5.74) is 4.43. The number of thiocarbonyl (C=S) groups is 1. The Labute approximate surface area is 111 Å². The third-order valence-electron chi connectivity index (χ3n) is 1.87. The minimum atomic E-state index is -4.48.